The summed E-state index contributed by atoms with van der Waals surface area (Å²) in [6, 6.07) is 32.6. The maximum absolute atomic E-state index is 6.55. The molecular formula is C30H26N3O2P. The molecule has 36 heavy (non-hydrogen) atoms. The van der Waals surface area contributed by atoms with Crippen LogP contribution in [-0.2, 0) is 0 Å². The van der Waals surface area contributed by atoms with E-state index in [0.29, 0.717) is 0 Å². The van der Waals surface area contributed by atoms with Gasteiger partial charge < -0.3 is 8.39 Å². The van der Waals surface area contributed by atoms with Gasteiger partial charge in [-0.15, -0.1) is 0 Å². The third-order valence-electron chi connectivity index (χ3n) is 6.36. The second-order valence-corrected chi connectivity index (χ2v) is 9.92. The molecule has 0 bridgehead atoms. The molecule has 0 radical (unpaired) electrons. The average Bonchev–Trinajstić information content (AvgIpc) is 3.09. The van der Waals surface area contributed by atoms with Gasteiger partial charge in [-0.05, 0) is 24.3 Å². The molecule has 0 spiro atoms. The van der Waals surface area contributed by atoms with Crippen LogP contribution in [0.15, 0.2) is 105 Å². The average molecular weight is 492 g/mol. The summed E-state index contributed by atoms with van der Waals surface area (Å²) in [6.07, 6.45) is 0. The van der Waals surface area contributed by atoms with Crippen molar-refractivity contribution >= 4 is 41.1 Å². The maximum Gasteiger partial charge on any atom is 0.309 e. The lowest BCUT2D eigenvalue weighted by atomic mass is 10.0. The second kappa shape index (κ2) is 9.62. The van der Waals surface area contributed by atoms with E-state index < -0.39 is 8.16 Å². The molecule has 2 aromatic heterocycles. The summed E-state index contributed by atoms with van der Waals surface area (Å²) < 4.78 is 15.3. The fraction of sp³-hybridized carbons (Fsp3) is 0.133. The minimum Gasteiger partial charge on any atom is -0.408 e. The number of benzene rings is 4. The van der Waals surface area contributed by atoms with Gasteiger partial charge in [-0.3, -0.25) is 0 Å². The van der Waals surface area contributed by atoms with E-state index in [0.717, 1.165) is 68.6 Å². The second-order valence-electron chi connectivity index (χ2n) is 8.51. The number of hydrogen-bond acceptors (Lipinski definition) is 5. The first kappa shape index (κ1) is 22.5. The Bertz CT molecular complexity index is 1590. The smallest absolute Gasteiger partial charge is 0.309 e. The largest absolute Gasteiger partial charge is 0.408 e. The zero-order chi connectivity index (χ0) is 24.5. The van der Waals surface area contributed by atoms with Crippen LogP contribution in [0.2, 0.25) is 0 Å². The lowest BCUT2D eigenvalue weighted by molar-refractivity contribution is 0.624. The van der Waals surface area contributed by atoms with Gasteiger partial charge in [0, 0.05) is 24.2 Å². The summed E-state index contributed by atoms with van der Waals surface area (Å²) in [5.74, 6) is 0. The fourth-order valence-corrected chi connectivity index (χ4v) is 5.95. The summed E-state index contributed by atoms with van der Waals surface area (Å²) >= 11 is 0. The van der Waals surface area contributed by atoms with Crippen molar-refractivity contribution in [3.63, 3.8) is 0 Å². The highest BCUT2D eigenvalue weighted by molar-refractivity contribution is 7.38. The van der Waals surface area contributed by atoms with Gasteiger partial charge in [0.15, 0.2) is 0 Å². The van der Waals surface area contributed by atoms with Crippen LogP contribution in [0, 0.1) is 0 Å². The Morgan fingerprint density at radius 2 is 1.03 bits per heavy atom. The quantitative estimate of drug-likeness (QED) is 0.242. The summed E-state index contributed by atoms with van der Waals surface area (Å²) in [4.78, 5) is 10.5. The van der Waals surface area contributed by atoms with Gasteiger partial charge >= 0.3 is 8.16 Å². The summed E-state index contributed by atoms with van der Waals surface area (Å²) in [6.45, 7) is 5.91. The molecule has 6 rings (SSSR count). The molecule has 0 aliphatic rings. The lowest BCUT2D eigenvalue weighted by Gasteiger charge is -2.12. The SMILES string of the molecule is CCN(CC)p1oc2cccc3nc(-c4ccccc4)c(-c4ccccc4)nc4cccc(o1)c4c32. The van der Waals surface area contributed by atoms with Crippen molar-refractivity contribution in [3.05, 3.63) is 97.1 Å². The molecule has 0 saturated heterocycles. The van der Waals surface area contributed by atoms with Gasteiger partial charge in [0.2, 0.25) is 0 Å². The first-order valence-electron chi connectivity index (χ1n) is 12.2. The van der Waals surface area contributed by atoms with Gasteiger partial charge in [-0.2, -0.15) is 0 Å². The van der Waals surface area contributed by atoms with Gasteiger partial charge in [-0.1, -0.05) is 86.6 Å². The standard InChI is InChI=1S/C30H26N3O2P/c1-3-33(4-2)36-34-25-19-11-17-23-27(25)28-24(18-12-20-26(28)35-36)32-30(22-15-9-6-10-16-22)29(31-23)21-13-7-5-8-14-21/h5-20H,3-4H2,1-2H3. The van der Waals surface area contributed by atoms with E-state index in [1.54, 1.807) is 0 Å². The zero-order valence-corrected chi connectivity index (χ0v) is 21.2. The molecule has 5 nitrogen and oxygen atoms in total. The molecule has 2 heterocycles. The molecule has 4 aromatic carbocycles. The molecule has 0 atom stereocenters. The minimum absolute atomic E-state index is 0.770. The van der Waals surface area contributed by atoms with E-state index in [1.807, 2.05) is 72.8 Å². The van der Waals surface area contributed by atoms with E-state index >= 15 is 0 Å². The van der Waals surface area contributed by atoms with Crippen molar-refractivity contribution in [2.75, 3.05) is 17.8 Å². The van der Waals surface area contributed by atoms with Crippen LogP contribution in [0.5, 0.6) is 0 Å². The molecule has 6 aromatic rings. The molecule has 0 saturated carbocycles. The van der Waals surface area contributed by atoms with Crippen molar-refractivity contribution in [1.29, 1.82) is 0 Å². The van der Waals surface area contributed by atoms with Gasteiger partial charge in [0.1, 0.15) is 11.2 Å². The van der Waals surface area contributed by atoms with Crippen molar-refractivity contribution in [2.24, 2.45) is 0 Å². The van der Waals surface area contributed by atoms with E-state index in [2.05, 4.69) is 42.8 Å². The van der Waals surface area contributed by atoms with Gasteiger partial charge in [0.05, 0.1) is 33.2 Å². The Morgan fingerprint density at radius 1 is 0.583 bits per heavy atom. The van der Waals surface area contributed by atoms with Crippen LogP contribution >= 0.6 is 8.16 Å². The van der Waals surface area contributed by atoms with Crippen LogP contribution in [0.4, 0.5) is 0 Å². The van der Waals surface area contributed by atoms with E-state index in [-0.39, 0.29) is 0 Å². The van der Waals surface area contributed by atoms with Crippen molar-refractivity contribution in [3.8, 4) is 22.5 Å². The number of rotatable bonds is 5. The topological polar surface area (TPSA) is 55.3 Å². The fourth-order valence-electron chi connectivity index (χ4n) is 4.58. The maximum atomic E-state index is 6.55. The molecule has 178 valence electrons. The monoisotopic (exact) mass is 491 g/mol. The molecule has 0 amide bonds. The summed E-state index contributed by atoms with van der Waals surface area (Å²) in [7, 11) is -1.32. The number of nitrogens with zero attached hydrogens (tertiary/aromatic N) is 3. The van der Waals surface area contributed by atoms with Crippen LogP contribution in [0.25, 0.3) is 55.5 Å². The normalized spacial score (nSPS) is 11.5. The van der Waals surface area contributed by atoms with E-state index in [4.69, 9.17) is 18.4 Å². The summed E-state index contributed by atoms with van der Waals surface area (Å²) in [5, 5.41) is 1.84. The van der Waals surface area contributed by atoms with Crippen molar-refractivity contribution in [1.82, 2.24) is 9.97 Å². The molecule has 0 aliphatic heterocycles. The molecule has 0 fully saturated rings. The predicted octanol–water partition coefficient (Wildman–Crippen LogP) is 8.55. The Labute approximate surface area is 210 Å². The molecular weight excluding hydrogens is 465 g/mol. The Balaban J connectivity index is 1.85. The highest BCUT2D eigenvalue weighted by Gasteiger charge is 2.17. The molecule has 0 unspecified atom stereocenters. The Hall–Kier alpha value is -3.92. The highest BCUT2D eigenvalue weighted by atomic mass is 31.1. The Kier molecular flexibility index (Phi) is 6.02. The first-order chi connectivity index (χ1) is 17.8. The first-order valence-corrected chi connectivity index (χ1v) is 13.4. The lowest BCUT2D eigenvalue weighted by Crippen LogP contribution is -2.17. The summed E-state index contributed by atoms with van der Waals surface area (Å²) in [5.41, 5.74) is 6.87. The molecule has 6 heteroatoms. The van der Waals surface area contributed by atoms with Gasteiger partial charge in [-0.25, -0.2) is 14.6 Å². The van der Waals surface area contributed by atoms with Crippen LogP contribution < -0.4 is 4.67 Å². The highest BCUT2D eigenvalue weighted by Crippen LogP contribution is 2.40. The van der Waals surface area contributed by atoms with Crippen LogP contribution in [0.1, 0.15) is 13.8 Å². The number of hydrogen-bond donors (Lipinski definition) is 0. The van der Waals surface area contributed by atoms with Crippen LogP contribution in [0.3, 0.4) is 0 Å². The minimum atomic E-state index is -1.32. The molecule has 0 N–H and O–H groups in total. The van der Waals surface area contributed by atoms with Crippen molar-refractivity contribution in [2.45, 2.75) is 13.8 Å². The third-order valence-corrected chi connectivity index (χ3v) is 8.09. The predicted molar refractivity (Wildman–Crippen MR) is 150 cm³/mol. The number of aromatic nitrogens is 2. The Morgan fingerprint density at radius 3 is 1.44 bits per heavy atom. The zero-order valence-electron chi connectivity index (χ0n) is 20.3. The van der Waals surface area contributed by atoms with Crippen LogP contribution in [-0.4, -0.2) is 23.1 Å². The third kappa shape index (κ3) is 3.97. The molecule has 0 aliphatic carbocycles. The van der Waals surface area contributed by atoms with Gasteiger partial charge in [0.25, 0.3) is 0 Å². The van der Waals surface area contributed by atoms with Crippen molar-refractivity contribution < 1.29 is 8.39 Å². The van der Waals surface area contributed by atoms with E-state index in [1.165, 1.54) is 0 Å². The van der Waals surface area contributed by atoms with E-state index in [9.17, 15) is 0 Å².